The molecule has 1 aliphatic carbocycles. The third kappa shape index (κ3) is 6.86. The van der Waals surface area contributed by atoms with Gasteiger partial charge in [0.15, 0.2) is 0 Å². The number of nitrogens with zero attached hydrogens (tertiary/aromatic N) is 1. The van der Waals surface area contributed by atoms with Crippen molar-refractivity contribution in [2.45, 2.75) is 77.8 Å². The molecule has 0 saturated heterocycles. The molecule has 0 radical (unpaired) electrons. The number of carbonyl (C=O) groups excluding carboxylic acids is 2. The van der Waals surface area contributed by atoms with Crippen molar-refractivity contribution in [3.63, 3.8) is 0 Å². The summed E-state index contributed by atoms with van der Waals surface area (Å²) in [5.74, 6) is 1.12. The smallest absolute Gasteiger partial charge is 0.242 e. The highest BCUT2D eigenvalue weighted by atomic mass is 32.2. The quantitative estimate of drug-likeness (QED) is 0.560. The lowest BCUT2D eigenvalue weighted by molar-refractivity contribution is -0.139. The normalized spacial score (nSPS) is 14.9. The molecule has 1 aliphatic rings. The van der Waals surface area contributed by atoms with Crippen LogP contribution in [0.3, 0.4) is 0 Å². The first kappa shape index (κ1) is 24.4. The first-order valence-electron chi connectivity index (χ1n) is 11.6. The summed E-state index contributed by atoms with van der Waals surface area (Å²) < 4.78 is 0. The maximum Gasteiger partial charge on any atom is 0.242 e. The van der Waals surface area contributed by atoms with E-state index in [1.807, 2.05) is 25.1 Å². The van der Waals surface area contributed by atoms with Crippen LogP contribution in [0.1, 0.15) is 60.4 Å². The Morgan fingerprint density at radius 3 is 2.38 bits per heavy atom. The summed E-state index contributed by atoms with van der Waals surface area (Å²) in [6, 6.07) is 14.3. The molecule has 1 atom stereocenters. The van der Waals surface area contributed by atoms with Crippen molar-refractivity contribution in [2.24, 2.45) is 0 Å². The molecule has 2 amide bonds. The molecule has 5 heteroatoms. The van der Waals surface area contributed by atoms with Crippen molar-refractivity contribution in [1.29, 1.82) is 0 Å². The van der Waals surface area contributed by atoms with Gasteiger partial charge in [-0.2, -0.15) is 0 Å². The van der Waals surface area contributed by atoms with Crippen LogP contribution in [0.15, 0.2) is 42.5 Å². The van der Waals surface area contributed by atoms with Gasteiger partial charge in [-0.1, -0.05) is 66.4 Å². The zero-order valence-corrected chi connectivity index (χ0v) is 20.6. The Hall–Kier alpha value is -2.27. The van der Waals surface area contributed by atoms with E-state index in [2.05, 4.69) is 50.4 Å². The second kappa shape index (κ2) is 11.6. The van der Waals surface area contributed by atoms with E-state index in [0.717, 1.165) is 29.7 Å². The number of rotatable bonds is 9. The van der Waals surface area contributed by atoms with E-state index in [-0.39, 0.29) is 17.9 Å². The van der Waals surface area contributed by atoms with Crippen molar-refractivity contribution in [1.82, 2.24) is 10.2 Å². The van der Waals surface area contributed by atoms with Crippen LogP contribution in [0, 0.1) is 20.8 Å². The molecule has 1 N–H and O–H groups in total. The maximum absolute atomic E-state index is 13.3. The first-order chi connectivity index (χ1) is 15.3. The second-order valence-electron chi connectivity index (χ2n) is 9.10. The Kier molecular flexibility index (Phi) is 8.80. The van der Waals surface area contributed by atoms with E-state index in [0.29, 0.717) is 12.3 Å². The van der Waals surface area contributed by atoms with Gasteiger partial charge in [-0.05, 0) is 57.2 Å². The van der Waals surface area contributed by atoms with Gasteiger partial charge in [0.05, 0.1) is 5.75 Å². The molecule has 0 unspecified atom stereocenters. The van der Waals surface area contributed by atoms with E-state index < -0.39 is 6.04 Å². The molecule has 1 fully saturated rings. The van der Waals surface area contributed by atoms with E-state index in [4.69, 9.17) is 0 Å². The molecule has 32 heavy (non-hydrogen) atoms. The molecule has 4 nitrogen and oxygen atoms in total. The topological polar surface area (TPSA) is 49.4 Å². The van der Waals surface area contributed by atoms with Gasteiger partial charge in [-0.25, -0.2) is 0 Å². The van der Waals surface area contributed by atoms with Crippen molar-refractivity contribution in [3.8, 4) is 0 Å². The van der Waals surface area contributed by atoms with Crippen LogP contribution >= 0.6 is 11.8 Å². The second-order valence-corrected chi connectivity index (χ2v) is 10.1. The van der Waals surface area contributed by atoms with Gasteiger partial charge in [0, 0.05) is 18.3 Å². The Balaban J connectivity index is 1.67. The van der Waals surface area contributed by atoms with Gasteiger partial charge >= 0.3 is 0 Å². The molecule has 0 heterocycles. The lowest BCUT2D eigenvalue weighted by Crippen LogP contribution is -2.50. The summed E-state index contributed by atoms with van der Waals surface area (Å²) in [7, 11) is 0. The summed E-state index contributed by atoms with van der Waals surface area (Å²) in [6.45, 7) is 8.56. The zero-order chi connectivity index (χ0) is 23.1. The fourth-order valence-corrected chi connectivity index (χ4v) is 5.28. The molecule has 1 saturated carbocycles. The van der Waals surface area contributed by atoms with Crippen LogP contribution in [0.5, 0.6) is 0 Å². The predicted octanol–water partition coefficient (Wildman–Crippen LogP) is 5.32. The predicted molar refractivity (Wildman–Crippen MR) is 134 cm³/mol. The maximum atomic E-state index is 13.3. The number of hydrogen-bond acceptors (Lipinski definition) is 3. The average molecular weight is 453 g/mol. The molecule has 2 aromatic carbocycles. The Morgan fingerprint density at radius 1 is 1.06 bits per heavy atom. The van der Waals surface area contributed by atoms with Gasteiger partial charge in [-0.15, -0.1) is 11.8 Å². The van der Waals surface area contributed by atoms with Gasteiger partial charge < -0.3 is 10.2 Å². The van der Waals surface area contributed by atoms with Crippen LogP contribution in [0.4, 0.5) is 0 Å². The molecule has 0 aliphatic heterocycles. The third-order valence-corrected chi connectivity index (χ3v) is 7.24. The molecule has 0 aromatic heterocycles. The number of amides is 2. The zero-order valence-electron chi connectivity index (χ0n) is 19.8. The number of nitrogens with one attached hydrogen (secondary N) is 1. The largest absolute Gasteiger partial charge is 0.352 e. The third-order valence-electron chi connectivity index (χ3n) is 6.25. The number of benzene rings is 2. The van der Waals surface area contributed by atoms with Gasteiger partial charge in [0.2, 0.25) is 11.8 Å². The highest BCUT2D eigenvalue weighted by Gasteiger charge is 2.28. The molecule has 0 spiro atoms. The fourth-order valence-electron chi connectivity index (χ4n) is 4.44. The standard InChI is InChI=1S/C27H36N2O2S/c1-19-13-20(2)15-23(14-19)17-32-18-26(30)29(16-24-10-6-5-9-21(24)3)22(4)27(31)28-25-11-7-8-12-25/h5-6,9-10,13-15,22,25H,7-8,11-12,16-18H2,1-4H3,(H,28,31)/t22-/m1/s1. The minimum atomic E-state index is -0.496. The summed E-state index contributed by atoms with van der Waals surface area (Å²) in [4.78, 5) is 28.0. The number of aryl methyl sites for hydroxylation is 3. The minimum Gasteiger partial charge on any atom is -0.352 e. The lowest BCUT2D eigenvalue weighted by Gasteiger charge is -2.30. The molecular formula is C27H36N2O2S. The van der Waals surface area contributed by atoms with Crippen molar-refractivity contribution < 1.29 is 9.59 Å². The summed E-state index contributed by atoms with van der Waals surface area (Å²) in [5.41, 5.74) is 5.94. The van der Waals surface area contributed by atoms with E-state index in [1.165, 1.54) is 29.5 Å². The Bertz CT molecular complexity index is 917. The lowest BCUT2D eigenvalue weighted by atomic mass is 10.1. The van der Waals surface area contributed by atoms with E-state index in [9.17, 15) is 9.59 Å². The van der Waals surface area contributed by atoms with Crippen LogP contribution < -0.4 is 5.32 Å². The summed E-state index contributed by atoms with van der Waals surface area (Å²) in [5, 5.41) is 3.17. The molecular weight excluding hydrogens is 416 g/mol. The highest BCUT2D eigenvalue weighted by molar-refractivity contribution is 7.99. The molecule has 2 aromatic rings. The Labute approximate surface area is 197 Å². The SMILES string of the molecule is Cc1cc(C)cc(CSCC(=O)N(Cc2ccccc2C)[C@H](C)C(=O)NC2CCCC2)c1. The summed E-state index contributed by atoms with van der Waals surface area (Å²) in [6.07, 6.45) is 4.41. The highest BCUT2D eigenvalue weighted by Crippen LogP contribution is 2.21. The number of thioether (sulfide) groups is 1. The van der Waals surface area contributed by atoms with Gasteiger partial charge in [0.25, 0.3) is 0 Å². The summed E-state index contributed by atoms with van der Waals surface area (Å²) >= 11 is 1.61. The van der Waals surface area contributed by atoms with Crippen LogP contribution in [0.25, 0.3) is 0 Å². The minimum absolute atomic E-state index is 0.0108. The first-order valence-corrected chi connectivity index (χ1v) is 12.8. The van der Waals surface area contributed by atoms with Crippen molar-refractivity contribution in [2.75, 3.05) is 5.75 Å². The number of hydrogen-bond donors (Lipinski definition) is 1. The molecule has 3 rings (SSSR count). The average Bonchev–Trinajstić information content (AvgIpc) is 3.25. The van der Waals surface area contributed by atoms with Crippen LogP contribution in [-0.4, -0.2) is 34.6 Å². The molecule has 172 valence electrons. The van der Waals surface area contributed by atoms with Gasteiger partial charge in [0.1, 0.15) is 6.04 Å². The van der Waals surface area contributed by atoms with E-state index >= 15 is 0 Å². The van der Waals surface area contributed by atoms with Crippen molar-refractivity contribution in [3.05, 3.63) is 70.3 Å². The van der Waals surface area contributed by atoms with E-state index in [1.54, 1.807) is 16.7 Å². The van der Waals surface area contributed by atoms with Crippen LogP contribution in [-0.2, 0) is 21.9 Å². The van der Waals surface area contributed by atoms with Crippen molar-refractivity contribution >= 4 is 23.6 Å². The monoisotopic (exact) mass is 452 g/mol. The fraction of sp³-hybridized carbons (Fsp3) is 0.481. The molecule has 0 bridgehead atoms. The van der Waals surface area contributed by atoms with Gasteiger partial charge in [-0.3, -0.25) is 9.59 Å². The Morgan fingerprint density at radius 2 is 1.72 bits per heavy atom. The van der Waals surface area contributed by atoms with Crippen LogP contribution in [0.2, 0.25) is 0 Å². The number of carbonyl (C=O) groups is 2.